The van der Waals surface area contributed by atoms with Gasteiger partial charge in [-0.3, -0.25) is 9.59 Å². The zero-order chi connectivity index (χ0) is 19.0. The van der Waals surface area contributed by atoms with Gasteiger partial charge in [0.05, 0.1) is 5.92 Å². The second-order valence-corrected chi connectivity index (χ2v) is 7.83. The standard InChI is InChI=1S/C21H23BrN2O2/c1-12-6-5-7-18(15(12)4)24-11-16(10-19(24)25)21(26)23-17-8-13(2)20(22)14(3)9-17/h5-9,16H,10-11H2,1-4H3,(H,23,26)/t16-/m1/s1. The molecule has 1 N–H and O–H groups in total. The van der Waals surface area contributed by atoms with Crippen LogP contribution in [0, 0.1) is 33.6 Å². The van der Waals surface area contributed by atoms with E-state index in [1.165, 1.54) is 0 Å². The van der Waals surface area contributed by atoms with Gasteiger partial charge in [-0.2, -0.15) is 0 Å². The molecule has 1 fully saturated rings. The van der Waals surface area contributed by atoms with Gasteiger partial charge in [-0.15, -0.1) is 0 Å². The van der Waals surface area contributed by atoms with E-state index in [1.54, 1.807) is 4.90 Å². The summed E-state index contributed by atoms with van der Waals surface area (Å²) in [5.74, 6) is -0.444. The minimum absolute atomic E-state index is 0.00187. The van der Waals surface area contributed by atoms with Crippen molar-refractivity contribution in [2.45, 2.75) is 34.1 Å². The van der Waals surface area contributed by atoms with E-state index in [2.05, 4.69) is 21.2 Å². The van der Waals surface area contributed by atoms with Crippen molar-refractivity contribution in [3.63, 3.8) is 0 Å². The molecule has 1 saturated heterocycles. The highest BCUT2D eigenvalue weighted by molar-refractivity contribution is 9.10. The summed E-state index contributed by atoms with van der Waals surface area (Å²) < 4.78 is 1.05. The number of aryl methyl sites for hydroxylation is 3. The van der Waals surface area contributed by atoms with Crippen LogP contribution in [0.2, 0.25) is 0 Å². The summed E-state index contributed by atoms with van der Waals surface area (Å²) >= 11 is 3.54. The zero-order valence-corrected chi connectivity index (χ0v) is 17.1. The third kappa shape index (κ3) is 3.54. The molecular weight excluding hydrogens is 392 g/mol. The minimum Gasteiger partial charge on any atom is -0.326 e. The molecule has 4 nitrogen and oxygen atoms in total. The second kappa shape index (κ2) is 7.23. The summed E-state index contributed by atoms with van der Waals surface area (Å²) in [5, 5.41) is 2.97. The monoisotopic (exact) mass is 414 g/mol. The van der Waals surface area contributed by atoms with Crippen LogP contribution >= 0.6 is 15.9 Å². The van der Waals surface area contributed by atoms with E-state index in [-0.39, 0.29) is 24.2 Å². The van der Waals surface area contributed by atoms with Crippen LogP contribution < -0.4 is 10.2 Å². The van der Waals surface area contributed by atoms with Crippen LogP contribution in [-0.2, 0) is 9.59 Å². The van der Waals surface area contributed by atoms with E-state index in [0.29, 0.717) is 6.54 Å². The van der Waals surface area contributed by atoms with Crippen LogP contribution in [0.3, 0.4) is 0 Å². The molecule has 2 aromatic carbocycles. The Bertz CT molecular complexity index is 869. The molecule has 0 spiro atoms. The highest BCUT2D eigenvalue weighted by Gasteiger charge is 2.35. The fourth-order valence-corrected chi connectivity index (χ4v) is 3.64. The molecule has 0 unspecified atom stereocenters. The summed E-state index contributed by atoms with van der Waals surface area (Å²) in [6.45, 7) is 8.45. The van der Waals surface area contributed by atoms with Crippen molar-refractivity contribution < 1.29 is 9.59 Å². The molecule has 2 amide bonds. The summed E-state index contributed by atoms with van der Waals surface area (Å²) in [5.41, 5.74) is 6.04. The number of carbonyl (C=O) groups is 2. The number of hydrogen-bond acceptors (Lipinski definition) is 2. The first-order valence-corrected chi connectivity index (χ1v) is 9.51. The molecule has 0 aromatic heterocycles. The van der Waals surface area contributed by atoms with Gasteiger partial charge in [0.2, 0.25) is 11.8 Å². The molecule has 0 aliphatic carbocycles. The van der Waals surface area contributed by atoms with Gasteiger partial charge in [0.25, 0.3) is 0 Å². The molecule has 1 heterocycles. The first kappa shape index (κ1) is 18.6. The van der Waals surface area contributed by atoms with E-state index in [9.17, 15) is 9.59 Å². The van der Waals surface area contributed by atoms with Crippen molar-refractivity contribution in [3.05, 3.63) is 57.1 Å². The molecule has 5 heteroatoms. The van der Waals surface area contributed by atoms with Crippen LogP contribution in [0.4, 0.5) is 11.4 Å². The molecule has 0 saturated carbocycles. The number of amides is 2. The van der Waals surface area contributed by atoms with E-state index >= 15 is 0 Å². The second-order valence-electron chi connectivity index (χ2n) is 7.04. The Hall–Kier alpha value is -2.14. The predicted molar refractivity (Wildman–Crippen MR) is 109 cm³/mol. The molecule has 136 valence electrons. The normalized spacial score (nSPS) is 16.9. The molecular formula is C21H23BrN2O2. The summed E-state index contributed by atoms with van der Waals surface area (Å²) in [6.07, 6.45) is 0.244. The number of nitrogens with zero attached hydrogens (tertiary/aromatic N) is 1. The topological polar surface area (TPSA) is 49.4 Å². The molecule has 0 radical (unpaired) electrons. The van der Waals surface area contributed by atoms with E-state index in [1.807, 2.05) is 58.0 Å². The smallest absolute Gasteiger partial charge is 0.229 e. The Labute approximate surface area is 162 Å². The summed E-state index contributed by atoms with van der Waals surface area (Å²) in [6, 6.07) is 9.80. The van der Waals surface area contributed by atoms with Gasteiger partial charge in [-0.25, -0.2) is 0 Å². The van der Waals surface area contributed by atoms with E-state index in [4.69, 9.17) is 0 Å². The number of rotatable bonds is 3. The van der Waals surface area contributed by atoms with Crippen LogP contribution in [0.5, 0.6) is 0 Å². The van der Waals surface area contributed by atoms with Crippen molar-refractivity contribution in [2.75, 3.05) is 16.8 Å². The number of hydrogen-bond donors (Lipinski definition) is 1. The number of halogens is 1. The van der Waals surface area contributed by atoms with Gasteiger partial charge < -0.3 is 10.2 Å². The molecule has 1 aliphatic rings. The maximum absolute atomic E-state index is 12.7. The van der Waals surface area contributed by atoms with Gasteiger partial charge >= 0.3 is 0 Å². The largest absolute Gasteiger partial charge is 0.326 e. The van der Waals surface area contributed by atoms with Crippen LogP contribution in [0.15, 0.2) is 34.8 Å². The third-order valence-corrected chi connectivity index (χ3v) is 6.32. The zero-order valence-electron chi connectivity index (χ0n) is 15.5. The average molecular weight is 415 g/mol. The molecule has 3 rings (SSSR count). The van der Waals surface area contributed by atoms with Crippen LogP contribution in [0.1, 0.15) is 28.7 Å². The molecule has 2 aromatic rings. The minimum atomic E-state index is -0.341. The highest BCUT2D eigenvalue weighted by atomic mass is 79.9. The van der Waals surface area contributed by atoms with Gasteiger partial charge in [-0.05, 0) is 68.1 Å². The quantitative estimate of drug-likeness (QED) is 0.792. The highest BCUT2D eigenvalue weighted by Crippen LogP contribution is 2.30. The Kier molecular flexibility index (Phi) is 5.19. The molecule has 26 heavy (non-hydrogen) atoms. The lowest BCUT2D eigenvalue weighted by Gasteiger charge is -2.20. The lowest BCUT2D eigenvalue weighted by atomic mass is 10.1. The van der Waals surface area contributed by atoms with Crippen molar-refractivity contribution in [1.82, 2.24) is 0 Å². The lowest BCUT2D eigenvalue weighted by Crippen LogP contribution is -2.28. The molecule has 0 bridgehead atoms. The Morgan fingerprint density at radius 2 is 1.77 bits per heavy atom. The fourth-order valence-electron chi connectivity index (χ4n) is 3.41. The van der Waals surface area contributed by atoms with Gasteiger partial charge in [-0.1, -0.05) is 28.1 Å². The number of nitrogens with one attached hydrogen (secondary N) is 1. The predicted octanol–water partition coefficient (Wildman–Crippen LogP) is 4.67. The van der Waals surface area contributed by atoms with Crippen molar-refractivity contribution in [1.29, 1.82) is 0 Å². The van der Waals surface area contributed by atoms with Crippen LogP contribution in [0.25, 0.3) is 0 Å². The number of carbonyl (C=O) groups excluding carboxylic acids is 2. The SMILES string of the molecule is Cc1cccc(N2C[C@H](C(=O)Nc3cc(C)c(Br)c(C)c3)CC2=O)c1C. The van der Waals surface area contributed by atoms with Gasteiger partial charge in [0.15, 0.2) is 0 Å². The van der Waals surface area contributed by atoms with Crippen molar-refractivity contribution in [3.8, 4) is 0 Å². The maximum atomic E-state index is 12.7. The molecule has 1 atom stereocenters. The number of anilines is 2. The van der Waals surface area contributed by atoms with Crippen molar-refractivity contribution >= 4 is 39.1 Å². The van der Waals surface area contributed by atoms with Gasteiger partial charge in [0, 0.05) is 28.8 Å². The van der Waals surface area contributed by atoms with E-state index < -0.39 is 0 Å². The first-order chi connectivity index (χ1) is 12.3. The van der Waals surface area contributed by atoms with E-state index in [0.717, 1.165) is 38.1 Å². The van der Waals surface area contributed by atoms with Crippen molar-refractivity contribution in [2.24, 2.45) is 5.92 Å². The average Bonchev–Trinajstić information content (AvgIpc) is 2.97. The lowest BCUT2D eigenvalue weighted by molar-refractivity contribution is -0.122. The summed E-state index contributed by atoms with van der Waals surface area (Å²) in [7, 11) is 0. The first-order valence-electron chi connectivity index (χ1n) is 8.72. The maximum Gasteiger partial charge on any atom is 0.229 e. The Morgan fingerprint density at radius 1 is 1.12 bits per heavy atom. The van der Waals surface area contributed by atoms with Gasteiger partial charge in [0.1, 0.15) is 0 Å². The fraction of sp³-hybridized carbons (Fsp3) is 0.333. The Morgan fingerprint density at radius 3 is 2.42 bits per heavy atom. The molecule has 1 aliphatic heterocycles. The Balaban J connectivity index is 1.76. The third-order valence-electron chi connectivity index (χ3n) is 5.07. The number of benzene rings is 2. The summed E-state index contributed by atoms with van der Waals surface area (Å²) in [4.78, 5) is 26.9. The van der Waals surface area contributed by atoms with Crippen LogP contribution in [-0.4, -0.2) is 18.4 Å².